The molecule has 2 unspecified atom stereocenters. The quantitative estimate of drug-likeness (QED) is 0.466. The summed E-state index contributed by atoms with van der Waals surface area (Å²) < 4.78 is 10.2. The van der Waals surface area contributed by atoms with Crippen LogP contribution in [0.1, 0.15) is 45.4 Å². The van der Waals surface area contributed by atoms with Gasteiger partial charge < -0.3 is 14.6 Å². The van der Waals surface area contributed by atoms with Gasteiger partial charge in [0.25, 0.3) is 5.78 Å². The van der Waals surface area contributed by atoms with Crippen molar-refractivity contribution in [2.75, 3.05) is 6.61 Å². The van der Waals surface area contributed by atoms with Gasteiger partial charge >= 0.3 is 11.9 Å². The summed E-state index contributed by atoms with van der Waals surface area (Å²) in [6, 6.07) is 0. The van der Waals surface area contributed by atoms with Crippen LogP contribution < -0.4 is 0 Å². The van der Waals surface area contributed by atoms with Crippen molar-refractivity contribution in [3.8, 4) is 0 Å². The molecule has 0 heterocycles. The minimum atomic E-state index is -0.981. The smallest absolute Gasteiger partial charge is 0.378 e. The molecule has 0 aromatic rings. The fourth-order valence-corrected chi connectivity index (χ4v) is 4.82. The van der Waals surface area contributed by atoms with E-state index in [-0.39, 0.29) is 5.57 Å². The topological polar surface area (TPSA) is 89.9 Å². The molecule has 4 aliphatic carbocycles. The molecule has 0 aliphatic heterocycles. The molecule has 0 aromatic carbocycles. The van der Waals surface area contributed by atoms with E-state index in [0.717, 1.165) is 19.3 Å². The predicted molar refractivity (Wildman–Crippen MR) is 79.2 cm³/mol. The van der Waals surface area contributed by atoms with Crippen molar-refractivity contribution in [3.05, 3.63) is 12.2 Å². The number of ether oxygens (including phenoxy) is 2. The van der Waals surface area contributed by atoms with Crippen molar-refractivity contribution in [2.45, 2.75) is 56.7 Å². The van der Waals surface area contributed by atoms with Gasteiger partial charge in [-0.1, -0.05) is 6.58 Å². The number of rotatable bonds is 5. The van der Waals surface area contributed by atoms with E-state index in [4.69, 9.17) is 4.74 Å². The number of aliphatic hydroxyl groups is 1. The molecule has 4 rings (SSSR count). The number of esters is 2. The molecule has 4 saturated carbocycles. The predicted octanol–water partition coefficient (Wildman–Crippen LogP) is 1.30. The maximum Gasteiger partial charge on any atom is 0.378 e. The first-order valence-corrected chi connectivity index (χ1v) is 8.01. The number of carbonyl (C=O) groups is 3. The number of carbonyl (C=O) groups excluding carboxylic acids is 3. The number of hydrogen-bond donors (Lipinski definition) is 1. The van der Waals surface area contributed by atoms with Gasteiger partial charge in [0.15, 0.2) is 6.61 Å². The Morgan fingerprint density at radius 3 is 2.26 bits per heavy atom. The molecule has 0 spiro atoms. The van der Waals surface area contributed by atoms with E-state index in [2.05, 4.69) is 11.3 Å². The summed E-state index contributed by atoms with van der Waals surface area (Å²) in [7, 11) is 0. The van der Waals surface area contributed by atoms with Crippen molar-refractivity contribution in [1.82, 2.24) is 0 Å². The highest BCUT2D eigenvalue weighted by molar-refractivity contribution is 6.34. The standard InChI is InChI=1S/C17H22O6/c1-10(2)14(19)22-8-13(18)15(20)23-17-6-11-3-12(7-17)5-16(21,4-11)9-17/h11-12,21H,1,3-9H2,2H3. The third-order valence-electron chi connectivity index (χ3n) is 5.20. The van der Waals surface area contributed by atoms with Crippen LogP contribution in [0.5, 0.6) is 0 Å². The molecule has 2 atom stereocenters. The number of hydrogen-bond acceptors (Lipinski definition) is 6. The Kier molecular flexibility index (Phi) is 3.83. The minimum Gasteiger partial charge on any atom is -0.454 e. The third-order valence-corrected chi connectivity index (χ3v) is 5.20. The lowest BCUT2D eigenvalue weighted by atomic mass is 9.52. The zero-order valence-electron chi connectivity index (χ0n) is 13.3. The second-order valence-electron chi connectivity index (χ2n) is 7.54. The minimum absolute atomic E-state index is 0.162. The van der Waals surface area contributed by atoms with Crippen LogP contribution >= 0.6 is 0 Å². The van der Waals surface area contributed by atoms with Gasteiger partial charge in [-0.3, -0.25) is 4.79 Å². The van der Waals surface area contributed by atoms with Gasteiger partial charge in [-0.2, -0.15) is 0 Å². The Morgan fingerprint density at radius 1 is 1.13 bits per heavy atom. The van der Waals surface area contributed by atoms with E-state index in [1.54, 1.807) is 0 Å². The number of ketones is 1. The Hall–Kier alpha value is -1.69. The zero-order chi connectivity index (χ0) is 16.8. The zero-order valence-corrected chi connectivity index (χ0v) is 13.3. The molecule has 6 nitrogen and oxygen atoms in total. The summed E-state index contributed by atoms with van der Waals surface area (Å²) in [5.41, 5.74) is -1.33. The maximum absolute atomic E-state index is 12.0. The molecule has 0 saturated heterocycles. The fraction of sp³-hybridized carbons (Fsp3) is 0.706. The van der Waals surface area contributed by atoms with Crippen LogP contribution in [0.3, 0.4) is 0 Å². The average molecular weight is 322 g/mol. The lowest BCUT2D eigenvalue weighted by Crippen LogP contribution is -2.60. The van der Waals surface area contributed by atoms with Crippen molar-refractivity contribution in [2.24, 2.45) is 11.8 Å². The first-order valence-electron chi connectivity index (χ1n) is 8.01. The monoisotopic (exact) mass is 322 g/mol. The first kappa shape index (κ1) is 16.2. The van der Waals surface area contributed by atoms with Crippen LogP contribution in [0.4, 0.5) is 0 Å². The van der Waals surface area contributed by atoms with E-state index in [9.17, 15) is 19.5 Å². The lowest BCUT2D eigenvalue weighted by Gasteiger charge is -2.59. The molecular weight excluding hydrogens is 300 g/mol. The summed E-state index contributed by atoms with van der Waals surface area (Å²) in [6.07, 6.45) is 4.38. The van der Waals surface area contributed by atoms with Crippen molar-refractivity contribution >= 4 is 17.7 Å². The Bertz CT molecular complexity index is 564. The molecule has 1 N–H and O–H groups in total. The van der Waals surface area contributed by atoms with Crippen LogP contribution in [-0.4, -0.2) is 40.6 Å². The lowest BCUT2D eigenvalue weighted by molar-refractivity contribution is -0.219. The van der Waals surface area contributed by atoms with E-state index in [0.29, 0.717) is 31.1 Å². The summed E-state index contributed by atoms with van der Waals surface area (Å²) in [6.45, 7) is 4.22. The van der Waals surface area contributed by atoms with Crippen LogP contribution in [0.25, 0.3) is 0 Å². The van der Waals surface area contributed by atoms with Crippen LogP contribution in [-0.2, 0) is 23.9 Å². The maximum atomic E-state index is 12.0. The van der Waals surface area contributed by atoms with Gasteiger partial charge in [-0.25, -0.2) is 9.59 Å². The van der Waals surface area contributed by atoms with Gasteiger partial charge in [0.2, 0.25) is 0 Å². The molecule has 4 aliphatic rings. The SMILES string of the molecule is C=C(C)C(=O)OCC(=O)C(=O)OC12CC3CC(CC(O)(C3)C1)C2. The van der Waals surface area contributed by atoms with Crippen molar-refractivity contribution in [3.63, 3.8) is 0 Å². The number of Topliss-reactive ketones (excluding diaryl/α,β-unsaturated/α-hetero) is 1. The molecule has 6 heteroatoms. The normalized spacial score (nSPS) is 37.3. The molecule has 23 heavy (non-hydrogen) atoms. The second kappa shape index (κ2) is 5.44. The largest absolute Gasteiger partial charge is 0.454 e. The molecule has 0 radical (unpaired) electrons. The summed E-state index contributed by atoms with van der Waals surface area (Å²) in [5, 5.41) is 10.6. The summed E-state index contributed by atoms with van der Waals surface area (Å²) >= 11 is 0. The Morgan fingerprint density at radius 2 is 1.74 bits per heavy atom. The average Bonchev–Trinajstić information content (AvgIpc) is 2.40. The van der Waals surface area contributed by atoms with E-state index in [1.807, 2.05) is 0 Å². The van der Waals surface area contributed by atoms with Crippen LogP contribution in [0, 0.1) is 11.8 Å². The van der Waals surface area contributed by atoms with Crippen LogP contribution in [0.15, 0.2) is 12.2 Å². The highest BCUT2D eigenvalue weighted by Crippen LogP contribution is 2.58. The van der Waals surface area contributed by atoms with E-state index < -0.39 is 35.5 Å². The van der Waals surface area contributed by atoms with Gasteiger partial charge in [0.1, 0.15) is 5.60 Å². The fourth-order valence-electron chi connectivity index (χ4n) is 4.82. The van der Waals surface area contributed by atoms with Gasteiger partial charge in [0.05, 0.1) is 5.60 Å². The van der Waals surface area contributed by atoms with Crippen molar-refractivity contribution < 1.29 is 29.0 Å². The molecule has 4 bridgehead atoms. The van der Waals surface area contributed by atoms with E-state index >= 15 is 0 Å². The van der Waals surface area contributed by atoms with Crippen LogP contribution in [0.2, 0.25) is 0 Å². The Labute approximate surface area is 134 Å². The van der Waals surface area contributed by atoms with Gasteiger partial charge in [0, 0.05) is 12.0 Å². The Balaban J connectivity index is 1.60. The second-order valence-corrected chi connectivity index (χ2v) is 7.54. The molecule has 0 amide bonds. The summed E-state index contributed by atoms with van der Waals surface area (Å²) in [4.78, 5) is 35.1. The molecule has 0 aromatic heterocycles. The summed E-state index contributed by atoms with van der Waals surface area (Å²) in [5.74, 6) is -1.88. The molecule has 4 fully saturated rings. The van der Waals surface area contributed by atoms with Crippen molar-refractivity contribution in [1.29, 1.82) is 0 Å². The third kappa shape index (κ3) is 3.17. The highest BCUT2D eigenvalue weighted by Gasteiger charge is 2.59. The highest BCUT2D eigenvalue weighted by atomic mass is 16.6. The molecule has 126 valence electrons. The van der Waals surface area contributed by atoms with Gasteiger partial charge in [-0.05, 0) is 50.9 Å². The van der Waals surface area contributed by atoms with E-state index in [1.165, 1.54) is 6.92 Å². The molecular formula is C17H22O6. The first-order chi connectivity index (χ1) is 10.7. The van der Waals surface area contributed by atoms with Gasteiger partial charge in [-0.15, -0.1) is 0 Å².